The second-order valence-electron chi connectivity index (χ2n) is 6.59. The molecule has 0 amide bonds. The maximum Gasteiger partial charge on any atom is 0.185 e. The van der Waals surface area contributed by atoms with E-state index in [1.54, 1.807) is 0 Å². The fourth-order valence-corrected chi connectivity index (χ4v) is 3.21. The number of nitrogens with one attached hydrogen (secondary N) is 1. The predicted molar refractivity (Wildman–Crippen MR) is 90.9 cm³/mol. The lowest BCUT2D eigenvalue weighted by molar-refractivity contribution is 0.504. The molecule has 0 aliphatic heterocycles. The first-order valence-electron chi connectivity index (χ1n) is 7.69. The molecule has 0 aromatic carbocycles. The van der Waals surface area contributed by atoms with E-state index in [9.17, 15) is 0 Å². The lowest BCUT2D eigenvalue weighted by Crippen LogP contribution is -2.33. The Hall–Kier alpha value is -0.610. The van der Waals surface area contributed by atoms with Crippen LogP contribution in [0.2, 0.25) is 0 Å². The van der Waals surface area contributed by atoms with Crippen molar-refractivity contribution in [2.24, 2.45) is 5.92 Å². The van der Waals surface area contributed by atoms with Gasteiger partial charge in [0, 0.05) is 30.6 Å². The molecule has 0 saturated carbocycles. The van der Waals surface area contributed by atoms with Crippen molar-refractivity contribution in [1.82, 2.24) is 10.3 Å². The van der Waals surface area contributed by atoms with E-state index in [0.29, 0.717) is 23.9 Å². The highest BCUT2D eigenvalue weighted by Gasteiger charge is 2.20. The second-order valence-corrected chi connectivity index (χ2v) is 7.65. The molecule has 0 aliphatic rings. The summed E-state index contributed by atoms with van der Waals surface area (Å²) in [6.45, 7) is 16.5. The van der Waals surface area contributed by atoms with Crippen molar-refractivity contribution in [3.8, 4) is 0 Å². The summed E-state index contributed by atoms with van der Waals surface area (Å²) >= 11 is 1.84. The van der Waals surface area contributed by atoms with E-state index in [1.807, 2.05) is 11.3 Å². The van der Waals surface area contributed by atoms with Gasteiger partial charge in [-0.25, -0.2) is 4.98 Å². The molecule has 1 unspecified atom stereocenters. The van der Waals surface area contributed by atoms with E-state index in [0.717, 1.165) is 11.7 Å². The number of rotatable bonds is 7. The summed E-state index contributed by atoms with van der Waals surface area (Å²) in [6, 6.07) is 1.01. The Balaban J connectivity index is 2.96. The molecular formula is C16H31N3S. The van der Waals surface area contributed by atoms with Crippen molar-refractivity contribution in [2.45, 2.75) is 73.0 Å². The fourth-order valence-electron chi connectivity index (χ4n) is 2.00. The molecule has 3 nitrogen and oxygen atoms in total. The highest BCUT2D eigenvalue weighted by Crippen LogP contribution is 2.32. The minimum atomic E-state index is 0.478. The smallest absolute Gasteiger partial charge is 0.185 e. The van der Waals surface area contributed by atoms with Gasteiger partial charge < -0.3 is 10.2 Å². The van der Waals surface area contributed by atoms with E-state index in [2.05, 4.69) is 65.7 Å². The Kier molecular flexibility index (Phi) is 6.46. The highest BCUT2D eigenvalue weighted by atomic mass is 32.1. The Bertz CT molecular complexity index is 410. The molecule has 1 N–H and O–H groups in total. The van der Waals surface area contributed by atoms with Crippen molar-refractivity contribution in [3.63, 3.8) is 0 Å². The minimum Gasteiger partial charge on any atom is -0.348 e. The zero-order chi connectivity index (χ0) is 15.4. The van der Waals surface area contributed by atoms with Gasteiger partial charge >= 0.3 is 0 Å². The average Bonchev–Trinajstić information content (AvgIpc) is 2.78. The molecule has 1 atom stereocenters. The quantitative estimate of drug-likeness (QED) is 0.815. The Morgan fingerprint density at radius 1 is 1.10 bits per heavy atom. The summed E-state index contributed by atoms with van der Waals surface area (Å²) in [6.07, 6.45) is 0. The molecule has 0 saturated heterocycles. The number of hydrogen-bond donors (Lipinski definition) is 1. The van der Waals surface area contributed by atoms with Crippen LogP contribution < -0.4 is 10.2 Å². The van der Waals surface area contributed by atoms with Crippen LogP contribution in [0.1, 0.15) is 65.0 Å². The summed E-state index contributed by atoms with van der Waals surface area (Å²) in [4.78, 5) is 8.60. The lowest BCUT2D eigenvalue weighted by atomic mass is 10.1. The molecule has 0 fully saturated rings. The number of nitrogens with zero attached hydrogens (tertiary/aromatic N) is 2. The second kappa shape index (κ2) is 7.41. The number of hydrogen-bond acceptors (Lipinski definition) is 4. The molecular weight excluding hydrogens is 266 g/mol. The summed E-state index contributed by atoms with van der Waals surface area (Å²) < 4.78 is 0. The Labute approximate surface area is 128 Å². The van der Waals surface area contributed by atoms with Crippen LogP contribution in [0.25, 0.3) is 0 Å². The normalized spacial score (nSPS) is 13.6. The van der Waals surface area contributed by atoms with E-state index in [4.69, 9.17) is 4.98 Å². The first-order chi connectivity index (χ1) is 9.23. The molecule has 1 heterocycles. The third-order valence-electron chi connectivity index (χ3n) is 3.81. The first-order valence-corrected chi connectivity index (χ1v) is 8.51. The van der Waals surface area contributed by atoms with E-state index in [1.165, 1.54) is 10.6 Å². The van der Waals surface area contributed by atoms with Crippen molar-refractivity contribution in [3.05, 3.63) is 10.6 Å². The fraction of sp³-hybridized carbons (Fsp3) is 0.812. The maximum atomic E-state index is 4.90. The van der Waals surface area contributed by atoms with Crippen LogP contribution in [-0.2, 0) is 6.54 Å². The van der Waals surface area contributed by atoms with Crippen molar-refractivity contribution < 1.29 is 0 Å². The Morgan fingerprint density at radius 2 is 1.70 bits per heavy atom. The highest BCUT2D eigenvalue weighted by molar-refractivity contribution is 7.15. The minimum absolute atomic E-state index is 0.478. The van der Waals surface area contributed by atoms with Gasteiger partial charge in [0.1, 0.15) is 0 Å². The van der Waals surface area contributed by atoms with Crippen molar-refractivity contribution in [1.29, 1.82) is 0 Å². The van der Waals surface area contributed by atoms with Gasteiger partial charge in [-0.05, 0) is 18.8 Å². The van der Waals surface area contributed by atoms with E-state index < -0.39 is 0 Å². The van der Waals surface area contributed by atoms with Crippen LogP contribution in [0.3, 0.4) is 0 Å². The van der Waals surface area contributed by atoms with Gasteiger partial charge in [-0.15, -0.1) is 11.3 Å². The third kappa shape index (κ3) is 4.45. The molecule has 0 spiro atoms. The van der Waals surface area contributed by atoms with Gasteiger partial charge in [-0.3, -0.25) is 0 Å². The molecule has 116 valence electrons. The molecule has 0 aliphatic carbocycles. The van der Waals surface area contributed by atoms with E-state index >= 15 is 0 Å². The third-order valence-corrected chi connectivity index (χ3v) is 4.97. The van der Waals surface area contributed by atoms with Crippen LogP contribution in [0.5, 0.6) is 0 Å². The zero-order valence-corrected chi connectivity index (χ0v) is 15.1. The monoisotopic (exact) mass is 297 g/mol. The number of anilines is 1. The maximum absolute atomic E-state index is 4.90. The topological polar surface area (TPSA) is 28.2 Å². The summed E-state index contributed by atoms with van der Waals surface area (Å²) in [5, 5.41) is 4.66. The van der Waals surface area contributed by atoms with Crippen LogP contribution in [0.15, 0.2) is 0 Å². The van der Waals surface area contributed by atoms with Gasteiger partial charge in [-0.2, -0.15) is 0 Å². The molecule has 4 heteroatoms. The molecule has 0 bridgehead atoms. The molecule has 0 radical (unpaired) electrons. The van der Waals surface area contributed by atoms with Crippen molar-refractivity contribution >= 4 is 16.5 Å². The first kappa shape index (κ1) is 17.4. The lowest BCUT2D eigenvalue weighted by Gasteiger charge is -2.27. The Morgan fingerprint density at radius 3 is 2.15 bits per heavy atom. The SMILES string of the molecule is CC(C)NCc1sc(N(C)C(C)C(C)C)nc1C(C)C. The average molecular weight is 298 g/mol. The summed E-state index contributed by atoms with van der Waals surface area (Å²) in [5.41, 5.74) is 1.25. The molecule has 1 aromatic heterocycles. The summed E-state index contributed by atoms with van der Waals surface area (Å²) in [7, 11) is 2.16. The number of aromatic nitrogens is 1. The van der Waals surface area contributed by atoms with Gasteiger partial charge in [-0.1, -0.05) is 41.5 Å². The van der Waals surface area contributed by atoms with Gasteiger partial charge in [0.2, 0.25) is 0 Å². The predicted octanol–water partition coefficient (Wildman–Crippen LogP) is 4.25. The van der Waals surface area contributed by atoms with Gasteiger partial charge in [0.05, 0.1) is 5.69 Å². The van der Waals surface area contributed by atoms with Crippen LogP contribution >= 0.6 is 11.3 Å². The summed E-state index contributed by atoms with van der Waals surface area (Å²) in [5.74, 6) is 1.11. The van der Waals surface area contributed by atoms with Crippen LogP contribution in [0.4, 0.5) is 5.13 Å². The molecule has 1 aromatic rings. The standard InChI is InChI=1S/C16H31N3S/c1-10(2)13(7)19(8)16-18-15(11(3)4)14(20-16)9-17-12(5)6/h10-13,17H,9H2,1-8H3. The molecule has 1 rings (SSSR count). The number of thiazole rings is 1. The van der Waals surface area contributed by atoms with Gasteiger partial charge in [0.15, 0.2) is 5.13 Å². The van der Waals surface area contributed by atoms with Gasteiger partial charge in [0.25, 0.3) is 0 Å². The largest absolute Gasteiger partial charge is 0.348 e. The van der Waals surface area contributed by atoms with Crippen molar-refractivity contribution in [2.75, 3.05) is 11.9 Å². The van der Waals surface area contributed by atoms with Crippen LogP contribution in [0, 0.1) is 5.92 Å². The van der Waals surface area contributed by atoms with E-state index in [-0.39, 0.29) is 0 Å². The zero-order valence-electron chi connectivity index (χ0n) is 14.3. The van der Waals surface area contributed by atoms with Crippen LogP contribution in [-0.4, -0.2) is 24.1 Å². The molecule has 20 heavy (non-hydrogen) atoms.